The maximum absolute atomic E-state index is 11.5. The van der Waals surface area contributed by atoms with E-state index in [0.29, 0.717) is 0 Å². The molecule has 3 heteroatoms. The summed E-state index contributed by atoms with van der Waals surface area (Å²) in [4.78, 5) is 11.5. The van der Waals surface area contributed by atoms with Gasteiger partial charge in [0.25, 0.3) is 5.91 Å². The van der Waals surface area contributed by atoms with E-state index in [1.165, 1.54) is 6.92 Å². The molecule has 2 N–H and O–H groups in total. The van der Waals surface area contributed by atoms with Crippen molar-refractivity contribution >= 4 is 11.6 Å². The number of nitrogens with one attached hydrogen (secondary N) is 1. The minimum Gasteiger partial charge on any atom is -0.375 e. The van der Waals surface area contributed by atoms with Crippen molar-refractivity contribution in [1.29, 1.82) is 0 Å². The van der Waals surface area contributed by atoms with Crippen LogP contribution >= 0.6 is 0 Å². The molecule has 1 aromatic carbocycles. The highest BCUT2D eigenvalue weighted by Crippen LogP contribution is 2.37. The van der Waals surface area contributed by atoms with Crippen molar-refractivity contribution < 1.29 is 9.90 Å². The van der Waals surface area contributed by atoms with Crippen LogP contribution in [0.25, 0.3) is 0 Å². The van der Waals surface area contributed by atoms with Crippen LogP contribution in [0.1, 0.15) is 25.0 Å². The summed E-state index contributed by atoms with van der Waals surface area (Å²) in [6.07, 6.45) is 0.814. The highest BCUT2D eigenvalue weighted by atomic mass is 16.3. The molecule has 1 atom stereocenters. The molecule has 0 spiro atoms. The number of aryl methyl sites for hydroxylation is 1. The summed E-state index contributed by atoms with van der Waals surface area (Å²) in [5.74, 6) is -0.339. The Hall–Kier alpha value is -1.35. The van der Waals surface area contributed by atoms with E-state index in [0.717, 1.165) is 23.2 Å². The predicted molar refractivity (Wildman–Crippen MR) is 54.0 cm³/mol. The van der Waals surface area contributed by atoms with Crippen LogP contribution in [0, 0.1) is 0 Å². The molecule has 0 aliphatic carbocycles. The third-order valence-corrected chi connectivity index (χ3v) is 2.71. The molecule has 1 aromatic rings. The molecule has 3 nitrogen and oxygen atoms in total. The third-order valence-electron chi connectivity index (χ3n) is 2.71. The molecule has 0 aromatic heterocycles. The highest BCUT2D eigenvalue weighted by molar-refractivity contribution is 6.05. The quantitative estimate of drug-likeness (QED) is 0.705. The van der Waals surface area contributed by atoms with Crippen molar-refractivity contribution in [2.24, 2.45) is 0 Å². The van der Waals surface area contributed by atoms with Gasteiger partial charge in [-0.25, -0.2) is 0 Å². The summed E-state index contributed by atoms with van der Waals surface area (Å²) in [6, 6.07) is 5.64. The number of hydrogen-bond donors (Lipinski definition) is 2. The van der Waals surface area contributed by atoms with Gasteiger partial charge in [0.15, 0.2) is 5.60 Å². The molecular weight excluding hydrogens is 178 g/mol. The van der Waals surface area contributed by atoms with E-state index in [1.807, 2.05) is 25.1 Å². The monoisotopic (exact) mass is 191 g/mol. The molecule has 74 valence electrons. The normalized spacial score (nSPS) is 24.6. The molecule has 0 saturated carbocycles. The fraction of sp³-hybridized carbons (Fsp3) is 0.364. The van der Waals surface area contributed by atoms with Crippen LogP contribution in [0.3, 0.4) is 0 Å². The summed E-state index contributed by atoms with van der Waals surface area (Å²) in [5.41, 5.74) is 1.11. The van der Waals surface area contributed by atoms with Crippen LogP contribution < -0.4 is 5.32 Å². The SMILES string of the molecule is CCc1cccc2c1[C@@](C)(O)C(=O)N2. The Bertz CT molecular complexity index is 396. The third kappa shape index (κ3) is 1.06. The lowest BCUT2D eigenvalue weighted by molar-refractivity contribution is -0.131. The second-order valence-corrected chi connectivity index (χ2v) is 3.72. The maximum atomic E-state index is 11.5. The van der Waals surface area contributed by atoms with Crippen LogP contribution in [0.15, 0.2) is 18.2 Å². The molecule has 0 bridgehead atoms. The Labute approximate surface area is 82.8 Å². The summed E-state index contributed by atoms with van der Waals surface area (Å²) < 4.78 is 0. The van der Waals surface area contributed by atoms with Crippen LogP contribution in [0.2, 0.25) is 0 Å². The molecule has 2 rings (SSSR count). The van der Waals surface area contributed by atoms with E-state index >= 15 is 0 Å². The van der Waals surface area contributed by atoms with Gasteiger partial charge in [0.2, 0.25) is 0 Å². The molecule has 1 heterocycles. The molecule has 1 aliphatic rings. The Morgan fingerprint density at radius 3 is 2.86 bits per heavy atom. The predicted octanol–water partition coefficient (Wildman–Crippen LogP) is 1.41. The molecule has 14 heavy (non-hydrogen) atoms. The Balaban J connectivity index is 2.66. The van der Waals surface area contributed by atoms with E-state index in [4.69, 9.17) is 0 Å². The van der Waals surface area contributed by atoms with Crippen molar-refractivity contribution in [1.82, 2.24) is 0 Å². The average Bonchev–Trinajstić information content (AvgIpc) is 2.38. The van der Waals surface area contributed by atoms with E-state index in [9.17, 15) is 9.90 Å². The number of carbonyl (C=O) groups is 1. The van der Waals surface area contributed by atoms with Gasteiger partial charge in [0.05, 0.1) is 0 Å². The average molecular weight is 191 g/mol. The van der Waals surface area contributed by atoms with Crippen LogP contribution in [0.4, 0.5) is 5.69 Å². The number of rotatable bonds is 1. The van der Waals surface area contributed by atoms with Gasteiger partial charge >= 0.3 is 0 Å². The van der Waals surface area contributed by atoms with Crippen molar-refractivity contribution in [3.05, 3.63) is 29.3 Å². The molecule has 1 aliphatic heterocycles. The first-order chi connectivity index (χ1) is 6.57. The molecular formula is C11H13NO2. The molecule has 0 fully saturated rings. The summed E-state index contributed by atoms with van der Waals surface area (Å²) in [6.45, 7) is 3.54. The topological polar surface area (TPSA) is 49.3 Å². The van der Waals surface area contributed by atoms with E-state index in [2.05, 4.69) is 5.32 Å². The van der Waals surface area contributed by atoms with Gasteiger partial charge in [-0.2, -0.15) is 0 Å². The summed E-state index contributed by atoms with van der Waals surface area (Å²) in [5, 5.41) is 12.7. The van der Waals surface area contributed by atoms with Gasteiger partial charge in [-0.1, -0.05) is 19.1 Å². The van der Waals surface area contributed by atoms with Crippen molar-refractivity contribution in [2.75, 3.05) is 5.32 Å². The number of benzene rings is 1. The van der Waals surface area contributed by atoms with Crippen LogP contribution in [-0.2, 0) is 16.8 Å². The largest absolute Gasteiger partial charge is 0.375 e. The van der Waals surface area contributed by atoms with Crippen molar-refractivity contribution in [3.8, 4) is 0 Å². The van der Waals surface area contributed by atoms with Gasteiger partial charge in [-0.05, 0) is 25.0 Å². The van der Waals surface area contributed by atoms with Gasteiger partial charge in [0, 0.05) is 11.3 Å². The van der Waals surface area contributed by atoms with E-state index < -0.39 is 5.60 Å². The zero-order chi connectivity index (χ0) is 10.3. The number of fused-ring (bicyclic) bond motifs is 1. The first-order valence-electron chi connectivity index (χ1n) is 4.73. The lowest BCUT2D eigenvalue weighted by Crippen LogP contribution is -2.30. The lowest BCUT2D eigenvalue weighted by Gasteiger charge is -2.16. The smallest absolute Gasteiger partial charge is 0.260 e. The number of amides is 1. The Morgan fingerprint density at radius 1 is 1.50 bits per heavy atom. The number of anilines is 1. The molecule has 1 amide bonds. The minimum absolute atomic E-state index is 0.339. The molecule has 0 unspecified atom stereocenters. The second-order valence-electron chi connectivity index (χ2n) is 3.72. The summed E-state index contributed by atoms with van der Waals surface area (Å²) in [7, 11) is 0. The Kier molecular flexibility index (Phi) is 1.86. The highest BCUT2D eigenvalue weighted by Gasteiger charge is 2.41. The summed E-state index contributed by atoms with van der Waals surface area (Å²) >= 11 is 0. The Morgan fingerprint density at radius 2 is 2.21 bits per heavy atom. The zero-order valence-corrected chi connectivity index (χ0v) is 8.29. The zero-order valence-electron chi connectivity index (χ0n) is 8.29. The minimum atomic E-state index is -1.37. The van der Waals surface area contributed by atoms with Crippen LogP contribution in [0.5, 0.6) is 0 Å². The van der Waals surface area contributed by atoms with Crippen LogP contribution in [-0.4, -0.2) is 11.0 Å². The van der Waals surface area contributed by atoms with E-state index in [-0.39, 0.29) is 5.91 Å². The van der Waals surface area contributed by atoms with Gasteiger partial charge in [-0.15, -0.1) is 0 Å². The molecule has 0 radical (unpaired) electrons. The van der Waals surface area contributed by atoms with Gasteiger partial charge in [-0.3, -0.25) is 4.79 Å². The van der Waals surface area contributed by atoms with Gasteiger partial charge in [0.1, 0.15) is 0 Å². The fourth-order valence-corrected chi connectivity index (χ4v) is 1.93. The van der Waals surface area contributed by atoms with Crippen molar-refractivity contribution in [3.63, 3.8) is 0 Å². The number of aliphatic hydroxyl groups is 1. The first-order valence-corrected chi connectivity index (χ1v) is 4.73. The van der Waals surface area contributed by atoms with E-state index in [1.54, 1.807) is 0 Å². The first kappa shape index (κ1) is 9.21. The standard InChI is InChI=1S/C11H13NO2/c1-3-7-5-4-6-8-9(7)11(2,14)10(13)12-8/h4-6,14H,3H2,1-2H3,(H,12,13)/t11-/m1/s1. The molecule has 0 saturated heterocycles. The number of hydrogen-bond acceptors (Lipinski definition) is 2. The second kappa shape index (κ2) is 2.82. The van der Waals surface area contributed by atoms with Crippen molar-refractivity contribution in [2.45, 2.75) is 25.9 Å². The number of carbonyl (C=O) groups excluding carboxylic acids is 1. The maximum Gasteiger partial charge on any atom is 0.260 e. The lowest BCUT2D eigenvalue weighted by atomic mass is 9.92. The van der Waals surface area contributed by atoms with Gasteiger partial charge < -0.3 is 10.4 Å². The fourth-order valence-electron chi connectivity index (χ4n) is 1.93.